The molecule has 1 saturated carbocycles. The van der Waals surface area contributed by atoms with E-state index >= 15 is 0 Å². The van der Waals surface area contributed by atoms with Crippen molar-refractivity contribution >= 4 is 5.91 Å². The van der Waals surface area contributed by atoms with Gasteiger partial charge in [-0.3, -0.25) is 4.79 Å². The number of hydrogen-bond acceptors (Lipinski definition) is 2. The van der Waals surface area contributed by atoms with Crippen LogP contribution in [0.5, 0.6) is 0 Å². The number of amides is 1. The highest BCUT2D eigenvalue weighted by Crippen LogP contribution is 2.20. The minimum Gasteiger partial charge on any atom is -0.341 e. The fraction of sp³-hybridized carbons (Fsp3) is 0.923. The summed E-state index contributed by atoms with van der Waals surface area (Å²) in [6.45, 7) is 3.84. The first-order chi connectivity index (χ1) is 7.79. The summed E-state index contributed by atoms with van der Waals surface area (Å²) in [4.78, 5) is 13.6. The lowest BCUT2D eigenvalue weighted by molar-refractivity contribution is -0.129. The molecule has 2 rings (SSSR count). The summed E-state index contributed by atoms with van der Waals surface area (Å²) >= 11 is 0. The molecular weight excluding hydrogens is 200 g/mol. The van der Waals surface area contributed by atoms with E-state index < -0.39 is 0 Å². The second-order valence-corrected chi connectivity index (χ2v) is 5.18. The average molecular weight is 224 g/mol. The summed E-state index contributed by atoms with van der Waals surface area (Å²) in [6.07, 6.45) is 8.61. The van der Waals surface area contributed by atoms with Crippen molar-refractivity contribution in [2.45, 2.75) is 64.0 Å². The van der Waals surface area contributed by atoms with Gasteiger partial charge in [-0.15, -0.1) is 0 Å². The molecule has 1 saturated heterocycles. The molecular formula is C13H24N2O. The van der Waals surface area contributed by atoms with E-state index in [-0.39, 0.29) is 0 Å². The zero-order valence-corrected chi connectivity index (χ0v) is 10.4. The Balaban J connectivity index is 1.73. The van der Waals surface area contributed by atoms with Gasteiger partial charge in [-0.05, 0) is 19.3 Å². The van der Waals surface area contributed by atoms with E-state index in [1.54, 1.807) is 0 Å². The maximum atomic E-state index is 11.5. The van der Waals surface area contributed by atoms with E-state index in [1.165, 1.54) is 32.1 Å². The van der Waals surface area contributed by atoms with Crippen molar-refractivity contribution in [1.29, 1.82) is 0 Å². The van der Waals surface area contributed by atoms with Gasteiger partial charge in [-0.1, -0.05) is 26.2 Å². The molecule has 2 fully saturated rings. The van der Waals surface area contributed by atoms with Gasteiger partial charge < -0.3 is 10.2 Å². The lowest BCUT2D eigenvalue weighted by Gasteiger charge is -2.26. The summed E-state index contributed by atoms with van der Waals surface area (Å²) in [5, 5.41) is 3.73. The van der Waals surface area contributed by atoms with E-state index in [2.05, 4.69) is 5.32 Å². The maximum absolute atomic E-state index is 11.5. The molecule has 2 aliphatic rings. The summed E-state index contributed by atoms with van der Waals surface area (Å²) in [7, 11) is 0. The Hall–Kier alpha value is -0.570. The van der Waals surface area contributed by atoms with Crippen LogP contribution in [-0.2, 0) is 4.79 Å². The normalized spacial score (nSPS) is 27.3. The highest BCUT2D eigenvalue weighted by Gasteiger charge is 2.27. The number of likely N-dealkylation sites (tertiary alicyclic amines) is 1. The van der Waals surface area contributed by atoms with Crippen LogP contribution in [0.3, 0.4) is 0 Å². The quantitative estimate of drug-likeness (QED) is 0.794. The summed E-state index contributed by atoms with van der Waals surface area (Å²) < 4.78 is 0. The van der Waals surface area contributed by atoms with E-state index in [0.717, 1.165) is 25.6 Å². The number of carbonyl (C=O) groups is 1. The molecule has 1 N–H and O–H groups in total. The van der Waals surface area contributed by atoms with Gasteiger partial charge in [0.1, 0.15) is 0 Å². The van der Waals surface area contributed by atoms with Crippen molar-refractivity contribution < 1.29 is 4.79 Å². The fourth-order valence-electron chi connectivity index (χ4n) is 2.95. The van der Waals surface area contributed by atoms with Gasteiger partial charge in [0, 0.05) is 31.6 Å². The van der Waals surface area contributed by atoms with Crippen LogP contribution in [0, 0.1) is 0 Å². The van der Waals surface area contributed by atoms with Gasteiger partial charge in [-0.25, -0.2) is 0 Å². The van der Waals surface area contributed by atoms with Crippen LogP contribution in [0.25, 0.3) is 0 Å². The molecule has 3 heteroatoms. The van der Waals surface area contributed by atoms with Crippen molar-refractivity contribution in [2.75, 3.05) is 13.1 Å². The van der Waals surface area contributed by atoms with Crippen LogP contribution < -0.4 is 5.32 Å². The lowest BCUT2D eigenvalue weighted by atomic mass is 9.95. The van der Waals surface area contributed by atoms with Crippen LogP contribution in [0.2, 0.25) is 0 Å². The van der Waals surface area contributed by atoms with Gasteiger partial charge in [0.2, 0.25) is 5.91 Å². The molecule has 0 aromatic heterocycles. The minimum absolute atomic E-state index is 0.313. The lowest BCUT2D eigenvalue weighted by Crippen LogP contribution is -2.41. The highest BCUT2D eigenvalue weighted by atomic mass is 16.2. The zero-order chi connectivity index (χ0) is 11.4. The third-order valence-corrected chi connectivity index (χ3v) is 3.92. The predicted octanol–water partition coefficient (Wildman–Crippen LogP) is 1.92. The Morgan fingerprint density at radius 2 is 1.94 bits per heavy atom. The molecule has 0 aromatic rings. The number of rotatable bonds is 3. The van der Waals surface area contributed by atoms with Crippen LogP contribution in [-0.4, -0.2) is 36.0 Å². The molecule has 1 atom stereocenters. The third-order valence-electron chi connectivity index (χ3n) is 3.92. The van der Waals surface area contributed by atoms with Gasteiger partial charge in [0.15, 0.2) is 0 Å². The molecule has 1 heterocycles. The Bertz CT molecular complexity index is 236. The van der Waals surface area contributed by atoms with Gasteiger partial charge in [0.25, 0.3) is 0 Å². The molecule has 1 aliphatic carbocycles. The number of carbonyl (C=O) groups excluding carboxylic acids is 1. The SMILES string of the molecule is CCC(=O)N1CCC(NC2CCCCC2)C1. The molecule has 0 spiro atoms. The highest BCUT2D eigenvalue weighted by molar-refractivity contribution is 5.76. The summed E-state index contributed by atoms with van der Waals surface area (Å²) in [5.74, 6) is 0.313. The number of nitrogens with zero attached hydrogens (tertiary/aromatic N) is 1. The molecule has 16 heavy (non-hydrogen) atoms. The van der Waals surface area contributed by atoms with Crippen molar-refractivity contribution in [1.82, 2.24) is 10.2 Å². The topological polar surface area (TPSA) is 32.3 Å². The predicted molar refractivity (Wildman–Crippen MR) is 65.3 cm³/mol. The van der Waals surface area contributed by atoms with Crippen LogP contribution in [0.4, 0.5) is 0 Å². The van der Waals surface area contributed by atoms with Gasteiger partial charge in [-0.2, -0.15) is 0 Å². The summed E-state index contributed by atoms with van der Waals surface area (Å²) in [6, 6.07) is 1.27. The summed E-state index contributed by atoms with van der Waals surface area (Å²) in [5.41, 5.74) is 0. The molecule has 3 nitrogen and oxygen atoms in total. The number of nitrogens with one attached hydrogen (secondary N) is 1. The Labute approximate surface area is 98.6 Å². The second-order valence-electron chi connectivity index (χ2n) is 5.18. The zero-order valence-electron chi connectivity index (χ0n) is 10.4. The average Bonchev–Trinajstić information content (AvgIpc) is 2.78. The molecule has 0 bridgehead atoms. The van der Waals surface area contributed by atoms with E-state index in [0.29, 0.717) is 18.4 Å². The van der Waals surface area contributed by atoms with Crippen LogP contribution >= 0.6 is 0 Å². The van der Waals surface area contributed by atoms with Crippen molar-refractivity contribution in [3.8, 4) is 0 Å². The second kappa shape index (κ2) is 5.67. The Kier molecular flexibility index (Phi) is 4.22. The van der Waals surface area contributed by atoms with Crippen LogP contribution in [0.15, 0.2) is 0 Å². The van der Waals surface area contributed by atoms with Gasteiger partial charge in [0.05, 0.1) is 0 Å². The van der Waals surface area contributed by atoms with E-state index in [1.807, 2.05) is 11.8 Å². The van der Waals surface area contributed by atoms with Gasteiger partial charge >= 0.3 is 0 Å². The molecule has 1 unspecified atom stereocenters. The number of hydrogen-bond donors (Lipinski definition) is 1. The minimum atomic E-state index is 0.313. The van der Waals surface area contributed by atoms with E-state index in [9.17, 15) is 4.79 Å². The first kappa shape index (κ1) is 11.9. The molecule has 0 aromatic carbocycles. The smallest absolute Gasteiger partial charge is 0.222 e. The first-order valence-electron chi connectivity index (χ1n) is 6.83. The third kappa shape index (κ3) is 2.97. The van der Waals surface area contributed by atoms with Crippen molar-refractivity contribution in [3.05, 3.63) is 0 Å². The first-order valence-corrected chi connectivity index (χ1v) is 6.83. The maximum Gasteiger partial charge on any atom is 0.222 e. The Morgan fingerprint density at radius 3 is 2.62 bits per heavy atom. The van der Waals surface area contributed by atoms with Crippen LogP contribution in [0.1, 0.15) is 51.9 Å². The van der Waals surface area contributed by atoms with Crippen molar-refractivity contribution in [2.24, 2.45) is 0 Å². The molecule has 92 valence electrons. The standard InChI is InChI=1S/C13H24N2O/c1-2-13(16)15-9-8-12(10-15)14-11-6-4-3-5-7-11/h11-12,14H,2-10H2,1H3. The monoisotopic (exact) mass is 224 g/mol. The molecule has 0 radical (unpaired) electrons. The largest absolute Gasteiger partial charge is 0.341 e. The Morgan fingerprint density at radius 1 is 1.19 bits per heavy atom. The van der Waals surface area contributed by atoms with E-state index in [4.69, 9.17) is 0 Å². The van der Waals surface area contributed by atoms with Crippen molar-refractivity contribution in [3.63, 3.8) is 0 Å². The molecule has 1 aliphatic heterocycles. The molecule has 1 amide bonds. The fourth-order valence-corrected chi connectivity index (χ4v) is 2.95.